The molecule has 23 heavy (non-hydrogen) atoms. The lowest BCUT2D eigenvalue weighted by molar-refractivity contribution is -0.154. The number of alkyl halides is 3. The summed E-state index contributed by atoms with van der Waals surface area (Å²) in [6.45, 7) is 2.46. The largest absolute Gasteiger partial charge is 0.468 e. The highest BCUT2D eigenvalue weighted by Crippen LogP contribution is 2.20. The summed E-state index contributed by atoms with van der Waals surface area (Å²) in [6, 6.07) is 3.18. The van der Waals surface area contributed by atoms with Gasteiger partial charge in [0.05, 0.1) is 6.54 Å². The zero-order valence-corrected chi connectivity index (χ0v) is 12.9. The summed E-state index contributed by atoms with van der Waals surface area (Å²) >= 11 is 0. The van der Waals surface area contributed by atoms with Gasteiger partial charge in [0.1, 0.15) is 0 Å². The van der Waals surface area contributed by atoms with Crippen LogP contribution in [0.5, 0.6) is 5.88 Å². The molecule has 0 atom stereocenters. The minimum absolute atomic E-state index is 0.0747. The Kier molecular flexibility index (Phi) is 8.17. The Morgan fingerprint density at radius 2 is 2.22 bits per heavy atom. The highest BCUT2D eigenvalue weighted by Gasteiger charge is 2.29. The quantitative estimate of drug-likeness (QED) is 0.409. The van der Waals surface area contributed by atoms with Crippen LogP contribution in [0.25, 0.3) is 0 Å². The lowest BCUT2D eigenvalue weighted by Gasteiger charge is -2.11. The highest BCUT2D eigenvalue weighted by molar-refractivity contribution is 5.77. The Balaban J connectivity index is 2.48. The molecule has 0 amide bonds. The molecule has 0 aliphatic heterocycles. The van der Waals surface area contributed by atoms with Crippen molar-refractivity contribution in [2.24, 2.45) is 10.7 Å². The normalized spacial score (nSPS) is 12.3. The minimum Gasteiger partial charge on any atom is -0.468 e. The van der Waals surface area contributed by atoms with Crippen molar-refractivity contribution in [3.63, 3.8) is 0 Å². The lowest BCUT2D eigenvalue weighted by Crippen LogP contribution is -2.32. The van der Waals surface area contributed by atoms with Crippen molar-refractivity contribution in [1.82, 2.24) is 10.3 Å². The number of rotatable bonds is 9. The smallest absolute Gasteiger partial charge is 0.422 e. The van der Waals surface area contributed by atoms with Crippen molar-refractivity contribution in [1.29, 1.82) is 0 Å². The van der Waals surface area contributed by atoms with Gasteiger partial charge < -0.3 is 20.5 Å². The van der Waals surface area contributed by atoms with Crippen molar-refractivity contribution in [3.8, 4) is 5.88 Å². The number of guanidine groups is 1. The average molecular weight is 334 g/mol. The van der Waals surface area contributed by atoms with E-state index in [0.29, 0.717) is 25.3 Å². The number of nitrogens with zero attached hydrogens (tertiary/aromatic N) is 2. The Bertz CT molecular complexity index is 495. The second-order valence-electron chi connectivity index (χ2n) is 4.55. The SMILES string of the molecule is CCOCCCNC(N)=NCc1cccnc1OCC(F)(F)F. The van der Waals surface area contributed by atoms with Crippen LogP contribution in [0.4, 0.5) is 13.2 Å². The number of nitrogens with one attached hydrogen (secondary N) is 1. The molecule has 0 aliphatic carbocycles. The number of ether oxygens (including phenoxy) is 2. The number of aliphatic imine (C=N–C) groups is 1. The number of halogens is 3. The summed E-state index contributed by atoms with van der Waals surface area (Å²) in [4.78, 5) is 7.84. The molecule has 3 N–H and O–H groups in total. The van der Waals surface area contributed by atoms with E-state index in [1.54, 1.807) is 12.1 Å². The van der Waals surface area contributed by atoms with Gasteiger partial charge in [-0.3, -0.25) is 0 Å². The van der Waals surface area contributed by atoms with Crippen LogP contribution in [0.15, 0.2) is 23.3 Å². The van der Waals surface area contributed by atoms with Crippen molar-refractivity contribution in [3.05, 3.63) is 23.9 Å². The van der Waals surface area contributed by atoms with Crippen molar-refractivity contribution in [2.45, 2.75) is 26.1 Å². The zero-order valence-electron chi connectivity index (χ0n) is 12.9. The third kappa shape index (κ3) is 8.87. The highest BCUT2D eigenvalue weighted by atomic mass is 19.4. The summed E-state index contributed by atoms with van der Waals surface area (Å²) in [5.41, 5.74) is 6.11. The van der Waals surface area contributed by atoms with Gasteiger partial charge in [-0.1, -0.05) is 6.07 Å². The molecule has 130 valence electrons. The molecule has 9 heteroatoms. The fourth-order valence-corrected chi connectivity index (χ4v) is 1.59. The van der Waals surface area contributed by atoms with Gasteiger partial charge in [0.15, 0.2) is 12.6 Å². The monoisotopic (exact) mass is 334 g/mol. The van der Waals surface area contributed by atoms with Crippen LogP contribution in [-0.4, -0.2) is 43.5 Å². The van der Waals surface area contributed by atoms with Gasteiger partial charge in [-0.15, -0.1) is 0 Å². The molecule has 6 nitrogen and oxygen atoms in total. The van der Waals surface area contributed by atoms with Gasteiger partial charge in [-0.05, 0) is 19.4 Å². The number of pyridine rings is 1. The van der Waals surface area contributed by atoms with E-state index < -0.39 is 12.8 Å². The first-order valence-corrected chi connectivity index (χ1v) is 7.17. The molecule has 1 aromatic heterocycles. The summed E-state index contributed by atoms with van der Waals surface area (Å²) < 4.78 is 46.4. The van der Waals surface area contributed by atoms with Crippen LogP contribution < -0.4 is 15.8 Å². The number of aromatic nitrogens is 1. The van der Waals surface area contributed by atoms with E-state index in [9.17, 15) is 13.2 Å². The summed E-state index contributed by atoms with van der Waals surface area (Å²) in [6.07, 6.45) is -2.29. The zero-order chi connectivity index (χ0) is 17.1. The third-order valence-corrected chi connectivity index (χ3v) is 2.62. The summed E-state index contributed by atoms with van der Waals surface area (Å²) in [5.74, 6) is 0.102. The van der Waals surface area contributed by atoms with Crippen LogP contribution in [0, 0.1) is 0 Å². The minimum atomic E-state index is -4.42. The van der Waals surface area contributed by atoms with E-state index in [4.69, 9.17) is 10.5 Å². The van der Waals surface area contributed by atoms with E-state index >= 15 is 0 Å². The van der Waals surface area contributed by atoms with E-state index in [0.717, 1.165) is 6.42 Å². The first-order chi connectivity index (χ1) is 10.9. The van der Waals surface area contributed by atoms with E-state index in [-0.39, 0.29) is 18.4 Å². The fraction of sp³-hybridized carbons (Fsp3) is 0.571. The van der Waals surface area contributed by atoms with Crippen LogP contribution in [-0.2, 0) is 11.3 Å². The molecule has 0 fully saturated rings. The summed E-state index contributed by atoms with van der Waals surface area (Å²) in [5, 5.41) is 2.89. The molecule has 1 aromatic rings. The van der Waals surface area contributed by atoms with Gasteiger partial charge in [-0.2, -0.15) is 13.2 Å². The topological polar surface area (TPSA) is 81.8 Å². The maximum Gasteiger partial charge on any atom is 0.422 e. The Labute approximate surface area is 132 Å². The van der Waals surface area contributed by atoms with Crippen LogP contribution in [0.1, 0.15) is 18.9 Å². The molecule has 1 rings (SSSR count). The molecular weight excluding hydrogens is 313 g/mol. The maximum absolute atomic E-state index is 12.2. The molecule has 0 bridgehead atoms. The first-order valence-electron chi connectivity index (χ1n) is 7.17. The van der Waals surface area contributed by atoms with Gasteiger partial charge >= 0.3 is 6.18 Å². The molecule has 0 aliphatic rings. The van der Waals surface area contributed by atoms with E-state index in [1.807, 2.05) is 6.92 Å². The second kappa shape index (κ2) is 9.88. The molecule has 0 saturated carbocycles. The fourth-order valence-electron chi connectivity index (χ4n) is 1.59. The average Bonchev–Trinajstić information content (AvgIpc) is 2.50. The van der Waals surface area contributed by atoms with Crippen LogP contribution in [0.2, 0.25) is 0 Å². The third-order valence-electron chi connectivity index (χ3n) is 2.62. The molecule has 0 spiro atoms. The summed E-state index contributed by atoms with van der Waals surface area (Å²) in [7, 11) is 0. The molecule has 0 aromatic carbocycles. The molecular formula is C14H21F3N4O2. The number of hydrogen-bond donors (Lipinski definition) is 2. The molecule has 1 heterocycles. The lowest BCUT2D eigenvalue weighted by atomic mass is 10.3. The van der Waals surface area contributed by atoms with E-state index in [2.05, 4.69) is 20.0 Å². The van der Waals surface area contributed by atoms with Gasteiger partial charge in [0, 0.05) is 31.5 Å². The molecule has 0 radical (unpaired) electrons. The Morgan fingerprint density at radius 3 is 2.91 bits per heavy atom. The van der Waals surface area contributed by atoms with Crippen molar-refractivity contribution < 1.29 is 22.6 Å². The number of hydrogen-bond acceptors (Lipinski definition) is 4. The molecule has 0 saturated heterocycles. The predicted molar refractivity (Wildman–Crippen MR) is 80.2 cm³/mol. The van der Waals surface area contributed by atoms with Gasteiger partial charge in [-0.25, -0.2) is 9.98 Å². The van der Waals surface area contributed by atoms with Crippen LogP contribution in [0.3, 0.4) is 0 Å². The Morgan fingerprint density at radius 1 is 1.43 bits per heavy atom. The van der Waals surface area contributed by atoms with Crippen molar-refractivity contribution in [2.75, 3.05) is 26.4 Å². The second-order valence-corrected chi connectivity index (χ2v) is 4.55. The first kappa shape index (κ1) is 19.0. The van der Waals surface area contributed by atoms with Gasteiger partial charge in [0.25, 0.3) is 0 Å². The molecule has 0 unspecified atom stereocenters. The standard InChI is InChI=1S/C14H21F3N4O2/c1-2-22-8-4-7-20-13(18)21-9-11-5-3-6-19-12(11)23-10-14(15,16)17/h3,5-6H,2,4,7-10H2,1H3,(H3,18,20,21). The van der Waals surface area contributed by atoms with Crippen LogP contribution >= 0.6 is 0 Å². The Hall–Kier alpha value is -2.03. The van der Waals surface area contributed by atoms with Crippen molar-refractivity contribution >= 4 is 5.96 Å². The van der Waals surface area contributed by atoms with E-state index in [1.165, 1.54) is 6.20 Å². The number of nitrogens with two attached hydrogens (primary N) is 1. The van der Waals surface area contributed by atoms with Gasteiger partial charge in [0.2, 0.25) is 5.88 Å². The predicted octanol–water partition coefficient (Wildman–Crippen LogP) is 1.85. The maximum atomic E-state index is 12.2.